The standard InChI is InChI=1S/C23H22F2N2O2/c1-2-29-23(28)26-22-20(24)13-19(14-21(22)25)27(15-17-9-5-3-6-10-17)16-18-11-7-4-8-12-18/h3-14H,2,15-16H2,1H3,(H,26,28). The first-order valence-corrected chi connectivity index (χ1v) is 9.32. The fraction of sp³-hybridized carbons (Fsp3) is 0.174. The van der Waals surface area contributed by atoms with E-state index in [1.807, 2.05) is 65.6 Å². The zero-order chi connectivity index (χ0) is 20.6. The summed E-state index contributed by atoms with van der Waals surface area (Å²) in [5.41, 5.74) is 1.88. The van der Waals surface area contributed by atoms with Gasteiger partial charge in [-0.05, 0) is 30.2 Å². The number of hydrogen-bond donors (Lipinski definition) is 1. The van der Waals surface area contributed by atoms with Crippen LogP contribution >= 0.6 is 0 Å². The highest BCUT2D eigenvalue weighted by Gasteiger charge is 2.18. The summed E-state index contributed by atoms with van der Waals surface area (Å²) in [6, 6.07) is 21.8. The van der Waals surface area contributed by atoms with E-state index in [-0.39, 0.29) is 6.61 Å². The number of halogens is 2. The van der Waals surface area contributed by atoms with E-state index in [1.54, 1.807) is 6.92 Å². The molecular formula is C23H22F2N2O2. The highest BCUT2D eigenvalue weighted by atomic mass is 19.1. The van der Waals surface area contributed by atoms with Crippen LogP contribution in [0.1, 0.15) is 18.1 Å². The Morgan fingerprint density at radius 3 is 1.83 bits per heavy atom. The van der Waals surface area contributed by atoms with Crippen LogP contribution in [-0.2, 0) is 17.8 Å². The lowest BCUT2D eigenvalue weighted by molar-refractivity contribution is 0.167. The van der Waals surface area contributed by atoms with Gasteiger partial charge in [0.25, 0.3) is 0 Å². The van der Waals surface area contributed by atoms with Crippen LogP contribution in [-0.4, -0.2) is 12.7 Å². The third kappa shape index (κ3) is 5.54. The smallest absolute Gasteiger partial charge is 0.411 e. The summed E-state index contributed by atoms with van der Waals surface area (Å²) in [6.45, 7) is 2.66. The van der Waals surface area contributed by atoms with Crippen LogP contribution < -0.4 is 10.2 Å². The Kier molecular flexibility index (Phi) is 6.79. The third-order valence-electron chi connectivity index (χ3n) is 4.33. The number of rotatable bonds is 7. The first-order chi connectivity index (χ1) is 14.1. The number of benzene rings is 3. The first-order valence-electron chi connectivity index (χ1n) is 9.32. The molecule has 0 radical (unpaired) electrons. The van der Waals surface area contributed by atoms with Gasteiger partial charge in [-0.1, -0.05) is 60.7 Å². The van der Waals surface area contributed by atoms with E-state index in [9.17, 15) is 13.6 Å². The van der Waals surface area contributed by atoms with Crippen LogP contribution in [0.2, 0.25) is 0 Å². The number of carbonyl (C=O) groups is 1. The second-order valence-corrected chi connectivity index (χ2v) is 6.46. The number of nitrogens with zero attached hydrogens (tertiary/aromatic N) is 1. The van der Waals surface area contributed by atoms with Gasteiger partial charge in [0.15, 0.2) is 11.6 Å². The second kappa shape index (κ2) is 9.68. The summed E-state index contributed by atoms with van der Waals surface area (Å²) >= 11 is 0. The van der Waals surface area contributed by atoms with Gasteiger partial charge in [0.05, 0.1) is 6.61 Å². The van der Waals surface area contributed by atoms with Crippen molar-refractivity contribution in [2.45, 2.75) is 20.0 Å². The van der Waals surface area contributed by atoms with Crippen LogP contribution in [0.4, 0.5) is 25.0 Å². The Morgan fingerprint density at radius 2 is 1.38 bits per heavy atom. The molecule has 150 valence electrons. The van der Waals surface area contributed by atoms with Gasteiger partial charge in [0.2, 0.25) is 0 Å². The van der Waals surface area contributed by atoms with E-state index < -0.39 is 23.4 Å². The molecule has 0 saturated carbocycles. The van der Waals surface area contributed by atoms with Crippen LogP contribution in [0.5, 0.6) is 0 Å². The molecule has 0 unspecified atom stereocenters. The van der Waals surface area contributed by atoms with E-state index in [0.717, 1.165) is 11.1 Å². The molecule has 0 aromatic heterocycles. The molecular weight excluding hydrogens is 374 g/mol. The second-order valence-electron chi connectivity index (χ2n) is 6.46. The van der Waals surface area contributed by atoms with Gasteiger partial charge in [-0.25, -0.2) is 13.6 Å². The van der Waals surface area contributed by atoms with Gasteiger partial charge in [-0.2, -0.15) is 0 Å². The van der Waals surface area contributed by atoms with Gasteiger partial charge in [0, 0.05) is 18.8 Å². The van der Waals surface area contributed by atoms with Crippen molar-refractivity contribution < 1.29 is 18.3 Å². The van der Waals surface area contributed by atoms with Gasteiger partial charge < -0.3 is 9.64 Å². The predicted molar refractivity (Wildman–Crippen MR) is 110 cm³/mol. The molecule has 0 bridgehead atoms. The normalized spacial score (nSPS) is 10.4. The lowest BCUT2D eigenvalue weighted by atomic mass is 10.1. The van der Waals surface area contributed by atoms with E-state index in [4.69, 9.17) is 4.74 Å². The van der Waals surface area contributed by atoms with Crippen LogP contribution in [0, 0.1) is 11.6 Å². The lowest BCUT2D eigenvalue weighted by Crippen LogP contribution is -2.23. The molecule has 4 nitrogen and oxygen atoms in total. The Hall–Kier alpha value is -3.41. The Morgan fingerprint density at radius 1 is 0.897 bits per heavy atom. The van der Waals surface area contributed by atoms with Gasteiger partial charge in [0.1, 0.15) is 5.69 Å². The highest BCUT2D eigenvalue weighted by molar-refractivity contribution is 5.85. The largest absolute Gasteiger partial charge is 0.450 e. The van der Waals surface area contributed by atoms with E-state index in [2.05, 4.69) is 5.32 Å². The van der Waals surface area contributed by atoms with Crippen molar-refractivity contribution in [1.82, 2.24) is 0 Å². The number of ether oxygens (including phenoxy) is 1. The molecule has 1 N–H and O–H groups in total. The SMILES string of the molecule is CCOC(=O)Nc1c(F)cc(N(Cc2ccccc2)Cc2ccccc2)cc1F. The summed E-state index contributed by atoms with van der Waals surface area (Å²) in [7, 11) is 0. The first kappa shape index (κ1) is 20.3. The van der Waals surface area contributed by atoms with E-state index in [1.165, 1.54) is 12.1 Å². The van der Waals surface area contributed by atoms with Crippen molar-refractivity contribution in [3.05, 3.63) is 95.6 Å². The predicted octanol–water partition coefficient (Wildman–Crippen LogP) is 5.74. The van der Waals surface area contributed by atoms with Crippen molar-refractivity contribution in [1.29, 1.82) is 0 Å². The summed E-state index contributed by atoms with van der Waals surface area (Å²) in [5, 5.41) is 2.12. The summed E-state index contributed by atoms with van der Waals surface area (Å²) in [5.74, 6) is -1.72. The maximum absolute atomic E-state index is 14.6. The lowest BCUT2D eigenvalue weighted by Gasteiger charge is -2.26. The Labute approximate surface area is 168 Å². The molecule has 3 aromatic carbocycles. The molecule has 0 atom stereocenters. The molecule has 1 amide bonds. The number of amides is 1. The average Bonchev–Trinajstić information content (AvgIpc) is 2.72. The molecule has 0 aliphatic rings. The number of nitrogens with one attached hydrogen (secondary N) is 1. The van der Waals surface area contributed by atoms with E-state index >= 15 is 0 Å². The molecule has 29 heavy (non-hydrogen) atoms. The summed E-state index contributed by atoms with van der Waals surface area (Å²) < 4.78 is 33.9. The van der Waals surface area contributed by atoms with Crippen molar-refractivity contribution in [3.8, 4) is 0 Å². The fourth-order valence-corrected chi connectivity index (χ4v) is 2.98. The minimum atomic E-state index is -0.900. The molecule has 0 saturated heterocycles. The van der Waals surface area contributed by atoms with Crippen LogP contribution in [0.15, 0.2) is 72.8 Å². The molecule has 0 fully saturated rings. The Bertz CT molecular complexity index is 885. The van der Waals surface area contributed by atoms with Crippen LogP contribution in [0.3, 0.4) is 0 Å². The minimum Gasteiger partial charge on any atom is -0.450 e. The van der Waals surface area contributed by atoms with Gasteiger partial charge in [-0.15, -0.1) is 0 Å². The fourth-order valence-electron chi connectivity index (χ4n) is 2.98. The maximum Gasteiger partial charge on any atom is 0.411 e. The monoisotopic (exact) mass is 396 g/mol. The molecule has 3 aromatic rings. The molecule has 0 spiro atoms. The van der Waals surface area contributed by atoms with Crippen molar-refractivity contribution in [3.63, 3.8) is 0 Å². The minimum absolute atomic E-state index is 0.106. The molecule has 0 heterocycles. The van der Waals surface area contributed by atoms with Crippen molar-refractivity contribution >= 4 is 17.5 Å². The van der Waals surface area contributed by atoms with E-state index in [0.29, 0.717) is 18.8 Å². The van der Waals surface area contributed by atoms with Crippen molar-refractivity contribution in [2.75, 3.05) is 16.8 Å². The summed E-state index contributed by atoms with van der Waals surface area (Å²) in [4.78, 5) is 13.4. The molecule has 0 aliphatic carbocycles. The molecule has 0 aliphatic heterocycles. The zero-order valence-corrected chi connectivity index (χ0v) is 16.1. The number of hydrogen-bond acceptors (Lipinski definition) is 3. The molecule has 3 rings (SSSR count). The number of anilines is 2. The number of carbonyl (C=O) groups excluding carboxylic acids is 1. The van der Waals surface area contributed by atoms with Gasteiger partial charge >= 0.3 is 6.09 Å². The van der Waals surface area contributed by atoms with Crippen LogP contribution in [0.25, 0.3) is 0 Å². The zero-order valence-electron chi connectivity index (χ0n) is 16.1. The average molecular weight is 396 g/mol. The summed E-state index contributed by atoms with van der Waals surface area (Å²) in [6.07, 6.45) is -0.900. The van der Waals surface area contributed by atoms with Gasteiger partial charge in [-0.3, -0.25) is 5.32 Å². The highest BCUT2D eigenvalue weighted by Crippen LogP contribution is 2.28. The quantitative estimate of drug-likeness (QED) is 0.554. The maximum atomic E-state index is 14.6. The molecule has 6 heteroatoms. The third-order valence-corrected chi connectivity index (χ3v) is 4.33. The van der Waals surface area contributed by atoms with Crippen molar-refractivity contribution in [2.24, 2.45) is 0 Å². The topological polar surface area (TPSA) is 41.6 Å². The Balaban J connectivity index is 1.91.